The molecule has 0 atom stereocenters. The summed E-state index contributed by atoms with van der Waals surface area (Å²) < 4.78 is 0. The Labute approximate surface area is 102 Å². The minimum absolute atomic E-state index is 0.0120. The zero-order valence-electron chi connectivity index (χ0n) is 10.7. The van der Waals surface area contributed by atoms with Crippen LogP contribution in [0.25, 0.3) is 0 Å². The molecule has 0 aromatic heterocycles. The first-order valence-corrected chi connectivity index (χ1v) is 5.70. The van der Waals surface area contributed by atoms with Crippen molar-refractivity contribution in [2.24, 2.45) is 5.73 Å². The highest BCUT2D eigenvalue weighted by Gasteiger charge is 2.14. The van der Waals surface area contributed by atoms with Gasteiger partial charge in [-0.3, -0.25) is 4.79 Å². The largest absolute Gasteiger partial charge is 0.480 e. The van der Waals surface area contributed by atoms with Crippen LogP contribution < -0.4 is 10.6 Å². The van der Waals surface area contributed by atoms with E-state index in [1.165, 1.54) is 5.56 Å². The Hall–Kier alpha value is -1.55. The molecule has 3 N–H and O–H groups in total. The van der Waals surface area contributed by atoms with Gasteiger partial charge in [0.05, 0.1) is 0 Å². The summed E-state index contributed by atoms with van der Waals surface area (Å²) in [6.45, 7) is 7.02. The quantitative estimate of drug-likeness (QED) is 0.812. The Bertz CT molecular complexity index is 393. The molecule has 0 saturated heterocycles. The van der Waals surface area contributed by atoms with Crippen LogP contribution >= 0.6 is 0 Å². The van der Waals surface area contributed by atoms with Crippen LogP contribution in [0.4, 0.5) is 5.69 Å². The highest BCUT2D eigenvalue weighted by molar-refractivity contribution is 5.75. The van der Waals surface area contributed by atoms with E-state index in [1.807, 2.05) is 25.7 Å². The second kappa shape index (κ2) is 5.68. The van der Waals surface area contributed by atoms with Gasteiger partial charge >= 0.3 is 5.97 Å². The van der Waals surface area contributed by atoms with Crippen molar-refractivity contribution in [1.29, 1.82) is 0 Å². The molecule has 0 saturated carbocycles. The van der Waals surface area contributed by atoms with E-state index in [-0.39, 0.29) is 6.54 Å². The summed E-state index contributed by atoms with van der Waals surface area (Å²) in [4.78, 5) is 12.7. The molecule has 0 aliphatic heterocycles. The lowest BCUT2D eigenvalue weighted by atomic mass is 10.0. The molecule has 1 aromatic rings. The predicted molar refractivity (Wildman–Crippen MR) is 69.6 cm³/mol. The molecule has 0 bridgehead atoms. The first-order chi connectivity index (χ1) is 7.95. The summed E-state index contributed by atoms with van der Waals surface area (Å²) in [5, 5.41) is 8.93. The molecular formula is C13H20N2O2. The lowest BCUT2D eigenvalue weighted by molar-refractivity contribution is -0.135. The maximum absolute atomic E-state index is 10.9. The number of anilines is 1. The molecule has 0 aliphatic rings. The zero-order valence-corrected chi connectivity index (χ0v) is 10.7. The van der Waals surface area contributed by atoms with Crippen LogP contribution in [0.2, 0.25) is 0 Å². The monoisotopic (exact) mass is 236 g/mol. The van der Waals surface area contributed by atoms with Crippen LogP contribution in [0.5, 0.6) is 0 Å². The van der Waals surface area contributed by atoms with E-state index in [9.17, 15) is 4.79 Å². The molecule has 0 spiro atoms. The van der Waals surface area contributed by atoms with Crippen molar-refractivity contribution < 1.29 is 9.90 Å². The molecule has 0 unspecified atom stereocenters. The highest BCUT2D eigenvalue weighted by Crippen LogP contribution is 2.25. The standard InChI is InChI=1S/C13H20N2O2/c1-9-6-10(2)13(11(3)7-9)15(5-4-14)8-12(16)17/h6-7H,4-5,8,14H2,1-3H3,(H,16,17). The van der Waals surface area contributed by atoms with Crippen LogP contribution in [0.1, 0.15) is 16.7 Å². The second-order valence-corrected chi connectivity index (χ2v) is 4.35. The summed E-state index contributed by atoms with van der Waals surface area (Å²) in [7, 11) is 0. The van der Waals surface area contributed by atoms with E-state index in [1.54, 1.807) is 0 Å². The minimum Gasteiger partial charge on any atom is -0.480 e. The van der Waals surface area contributed by atoms with E-state index < -0.39 is 5.97 Å². The summed E-state index contributed by atoms with van der Waals surface area (Å²) in [6, 6.07) is 4.13. The van der Waals surface area contributed by atoms with Crippen molar-refractivity contribution in [1.82, 2.24) is 0 Å². The summed E-state index contributed by atoms with van der Waals surface area (Å²) >= 11 is 0. The molecule has 94 valence electrons. The number of carbonyl (C=O) groups is 1. The van der Waals surface area contributed by atoms with Gasteiger partial charge in [0, 0.05) is 18.8 Å². The van der Waals surface area contributed by atoms with Gasteiger partial charge in [-0.15, -0.1) is 0 Å². The van der Waals surface area contributed by atoms with Gasteiger partial charge in [0.1, 0.15) is 6.54 Å². The Morgan fingerprint density at radius 2 is 1.82 bits per heavy atom. The minimum atomic E-state index is -0.835. The fourth-order valence-corrected chi connectivity index (χ4v) is 2.26. The molecule has 1 rings (SSSR count). The fraction of sp³-hybridized carbons (Fsp3) is 0.462. The fourth-order valence-electron chi connectivity index (χ4n) is 2.26. The molecule has 0 heterocycles. The van der Waals surface area contributed by atoms with Gasteiger partial charge in [-0.25, -0.2) is 0 Å². The zero-order chi connectivity index (χ0) is 13.0. The van der Waals surface area contributed by atoms with Gasteiger partial charge in [-0.05, 0) is 31.9 Å². The van der Waals surface area contributed by atoms with Gasteiger partial charge in [-0.1, -0.05) is 17.7 Å². The van der Waals surface area contributed by atoms with E-state index >= 15 is 0 Å². The molecule has 4 nitrogen and oxygen atoms in total. The Kier molecular flexibility index (Phi) is 4.52. The van der Waals surface area contributed by atoms with Gasteiger partial charge < -0.3 is 15.7 Å². The number of aliphatic carboxylic acids is 1. The van der Waals surface area contributed by atoms with E-state index in [2.05, 4.69) is 12.1 Å². The van der Waals surface area contributed by atoms with Crippen molar-refractivity contribution >= 4 is 11.7 Å². The van der Waals surface area contributed by atoms with E-state index in [0.29, 0.717) is 13.1 Å². The highest BCUT2D eigenvalue weighted by atomic mass is 16.4. The van der Waals surface area contributed by atoms with E-state index in [0.717, 1.165) is 16.8 Å². The third kappa shape index (κ3) is 3.46. The number of hydrogen-bond acceptors (Lipinski definition) is 3. The number of carboxylic acid groups (broad SMARTS) is 1. The first-order valence-electron chi connectivity index (χ1n) is 5.70. The lowest BCUT2D eigenvalue weighted by Crippen LogP contribution is -2.35. The van der Waals surface area contributed by atoms with Crippen LogP contribution in [-0.2, 0) is 4.79 Å². The van der Waals surface area contributed by atoms with Crippen LogP contribution in [0, 0.1) is 20.8 Å². The second-order valence-electron chi connectivity index (χ2n) is 4.35. The Morgan fingerprint density at radius 3 is 2.24 bits per heavy atom. The van der Waals surface area contributed by atoms with Gasteiger partial charge in [0.15, 0.2) is 0 Å². The average molecular weight is 236 g/mol. The average Bonchev–Trinajstić information content (AvgIpc) is 2.14. The van der Waals surface area contributed by atoms with Crippen molar-refractivity contribution in [2.45, 2.75) is 20.8 Å². The van der Waals surface area contributed by atoms with Crippen molar-refractivity contribution in [3.8, 4) is 0 Å². The predicted octanol–water partition coefficient (Wildman–Crippen LogP) is 1.46. The maximum atomic E-state index is 10.9. The number of hydrogen-bond donors (Lipinski definition) is 2. The number of carboxylic acids is 1. The van der Waals surface area contributed by atoms with Crippen molar-refractivity contribution in [3.63, 3.8) is 0 Å². The topological polar surface area (TPSA) is 66.6 Å². The third-order valence-corrected chi connectivity index (χ3v) is 2.68. The SMILES string of the molecule is Cc1cc(C)c(N(CCN)CC(=O)O)c(C)c1. The molecule has 0 fully saturated rings. The third-order valence-electron chi connectivity index (χ3n) is 2.68. The van der Waals surface area contributed by atoms with Crippen LogP contribution in [0.3, 0.4) is 0 Å². The summed E-state index contributed by atoms with van der Waals surface area (Å²) in [6.07, 6.45) is 0. The summed E-state index contributed by atoms with van der Waals surface area (Å²) in [5.74, 6) is -0.835. The van der Waals surface area contributed by atoms with Crippen molar-refractivity contribution in [3.05, 3.63) is 28.8 Å². The molecule has 0 amide bonds. The normalized spacial score (nSPS) is 10.4. The number of nitrogens with zero attached hydrogens (tertiary/aromatic N) is 1. The molecule has 17 heavy (non-hydrogen) atoms. The Morgan fingerprint density at radius 1 is 1.29 bits per heavy atom. The molecule has 0 radical (unpaired) electrons. The lowest BCUT2D eigenvalue weighted by Gasteiger charge is -2.26. The first kappa shape index (κ1) is 13.5. The summed E-state index contributed by atoms with van der Waals surface area (Å²) in [5.41, 5.74) is 9.90. The number of benzene rings is 1. The van der Waals surface area contributed by atoms with E-state index in [4.69, 9.17) is 10.8 Å². The number of aryl methyl sites for hydroxylation is 3. The van der Waals surface area contributed by atoms with Gasteiger partial charge in [0.2, 0.25) is 0 Å². The van der Waals surface area contributed by atoms with Gasteiger partial charge in [-0.2, -0.15) is 0 Å². The Balaban J connectivity index is 3.13. The van der Waals surface area contributed by atoms with Gasteiger partial charge in [0.25, 0.3) is 0 Å². The van der Waals surface area contributed by atoms with Crippen LogP contribution in [-0.4, -0.2) is 30.7 Å². The molecule has 0 aliphatic carbocycles. The van der Waals surface area contributed by atoms with Crippen LogP contribution in [0.15, 0.2) is 12.1 Å². The van der Waals surface area contributed by atoms with Crippen molar-refractivity contribution in [2.75, 3.05) is 24.5 Å². The number of nitrogens with two attached hydrogens (primary N) is 1. The molecule has 1 aromatic carbocycles. The maximum Gasteiger partial charge on any atom is 0.323 e. The molecular weight excluding hydrogens is 216 g/mol. The molecule has 4 heteroatoms. The smallest absolute Gasteiger partial charge is 0.323 e. The number of rotatable bonds is 5.